The molecule has 0 fully saturated rings. The highest BCUT2D eigenvalue weighted by Crippen LogP contribution is 2.04. The average molecular weight is 508 g/mol. The number of nitrogens with one attached hydrogen (secondary N) is 3. The number of hydrogen-bond donors (Lipinski definition) is 9. The number of carbonyl (C=O) groups excluding carboxylic acids is 4. The van der Waals surface area contributed by atoms with Crippen LogP contribution in [0.1, 0.15) is 38.5 Å². The van der Waals surface area contributed by atoms with E-state index in [1.54, 1.807) is 0 Å². The summed E-state index contributed by atoms with van der Waals surface area (Å²) >= 11 is 3.94. The van der Waals surface area contributed by atoms with Gasteiger partial charge in [0.2, 0.25) is 23.6 Å². The predicted octanol–water partition coefficient (Wildman–Crippen LogP) is -3.22. The first-order valence-corrected chi connectivity index (χ1v) is 10.6. The summed E-state index contributed by atoms with van der Waals surface area (Å²) in [6, 6.07) is -5.59. The SMILES string of the molecule is NC(=O)CCC(NC(=O)C(CS)NC(=O)C(CCC(=O)O)NC(=O)C(N)CCC(=O)O)C(=O)O. The molecule has 4 amide bonds. The molecule has 15 nitrogen and oxygen atoms in total. The molecule has 0 saturated heterocycles. The lowest BCUT2D eigenvalue weighted by molar-refractivity contribution is -0.142. The number of carboxylic acid groups (broad SMARTS) is 3. The van der Waals surface area contributed by atoms with Gasteiger partial charge in [-0.2, -0.15) is 12.6 Å². The third kappa shape index (κ3) is 12.6. The predicted molar refractivity (Wildman–Crippen MR) is 117 cm³/mol. The maximum absolute atomic E-state index is 12.6. The van der Waals surface area contributed by atoms with Crippen molar-refractivity contribution in [3.63, 3.8) is 0 Å². The minimum absolute atomic E-state index is 0.238. The second-order valence-corrected chi connectivity index (χ2v) is 7.55. The summed E-state index contributed by atoms with van der Waals surface area (Å²) in [6.45, 7) is 0. The molecule has 0 spiro atoms. The Balaban J connectivity index is 5.29. The number of primary amides is 1. The summed E-state index contributed by atoms with van der Waals surface area (Å²) in [5.74, 6) is -7.82. The molecular formula is C18H29N5O10S. The number of hydrogen-bond acceptors (Lipinski definition) is 9. The highest BCUT2D eigenvalue weighted by Gasteiger charge is 2.30. The minimum atomic E-state index is -1.48. The van der Waals surface area contributed by atoms with E-state index in [1.165, 1.54) is 0 Å². The van der Waals surface area contributed by atoms with Gasteiger partial charge in [-0.15, -0.1) is 0 Å². The number of amides is 4. The van der Waals surface area contributed by atoms with Gasteiger partial charge < -0.3 is 42.7 Å². The van der Waals surface area contributed by atoms with Crippen LogP contribution in [0.4, 0.5) is 0 Å². The van der Waals surface area contributed by atoms with E-state index in [0.29, 0.717) is 0 Å². The monoisotopic (exact) mass is 507 g/mol. The van der Waals surface area contributed by atoms with Crippen molar-refractivity contribution in [2.75, 3.05) is 5.75 Å². The third-order valence-corrected chi connectivity index (χ3v) is 4.76. The van der Waals surface area contributed by atoms with Crippen molar-refractivity contribution >= 4 is 54.2 Å². The second-order valence-electron chi connectivity index (χ2n) is 7.18. The largest absolute Gasteiger partial charge is 0.481 e. The van der Waals surface area contributed by atoms with Gasteiger partial charge in [0.1, 0.15) is 18.1 Å². The van der Waals surface area contributed by atoms with E-state index in [4.69, 9.17) is 21.7 Å². The molecule has 192 valence electrons. The van der Waals surface area contributed by atoms with Gasteiger partial charge in [-0.1, -0.05) is 0 Å². The van der Waals surface area contributed by atoms with Crippen molar-refractivity contribution in [3.05, 3.63) is 0 Å². The summed E-state index contributed by atoms with van der Waals surface area (Å²) in [6.07, 6.45) is -2.18. The Hall–Kier alpha value is -3.40. The molecule has 0 aromatic heterocycles. The molecule has 0 aliphatic rings. The topological polar surface area (TPSA) is 268 Å². The summed E-state index contributed by atoms with van der Waals surface area (Å²) in [5, 5.41) is 33.3. The zero-order valence-corrected chi connectivity index (χ0v) is 19.0. The summed E-state index contributed by atoms with van der Waals surface area (Å²) < 4.78 is 0. The lowest BCUT2D eigenvalue weighted by Gasteiger charge is -2.24. The van der Waals surface area contributed by atoms with Gasteiger partial charge in [0.15, 0.2) is 0 Å². The zero-order valence-electron chi connectivity index (χ0n) is 18.1. The van der Waals surface area contributed by atoms with Gasteiger partial charge in [0.25, 0.3) is 0 Å². The normalized spacial score (nSPS) is 14.1. The van der Waals surface area contributed by atoms with Crippen molar-refractivity contribution in [2.45, 2.75) is 62.7 Å². The molecular weight excluding hydrogens is 478 g/mol. The van der Waals surface area contributed by atoms with E-state index in [2.05, 4.69) is 28.6 Å². The Morgan fingerprint density at radius 1 is 0.676 bits per heavy atom. The van der Waals surface area contributed by atoms with Crippen LogP contribution >= 0.6 is 12.6 Å². The van der Waals surface area contributed by atoms with E-state index in [9.17, 15) is 38.7 Å². The number of carboxylic acids is 3. The molecule has 16 heteroatoms. The molecule has 0 aliphatic carbocycles. The number of rotatable bonds is 17. The van der Waals surface area contributed by atoms with Gasteiger partial charge in [-0.05, 0) is 19.3 Å². The highest BCUT2D eigenvalue weighted by atomic mass is 32.1. The molecule has 34 heavy (non-hydrogen) atoms. The van der Waals surface area contributed by atoms with Gasteiger partial charge in [-0.25, -0.2) is 4.79 Å². The standard InChI is InChI=1S/C18H29N5O10S/c19-8(1-5-13(25)26)15(29)21-9(3-6-14(27)28)16(30)23-11(7-34)17(31)22-10(18(32)33)2-4-12(20)24/h8-11,34H,1-7,19H2,(H2,20,24)(H,21,29)(H,22,31)(H,23,30)(H,25,26)(H,27,28)(H,32,33). The van der Waals surface area contributed by atoms with E-state index in [-0.39, 0.29) is 31.4 Å². The molecule has 0 radical (unpaired) electrons. The van der Waals surface area contributed by atoms with Crippen LogP contribution in [0.15, 0.2) is 0 Å². The van der Waals surface area contributed by atoms with E-state index in [0.717, 1.165) is 0 Å². The van der Waals surface area contributed by atoms with Crippen LogP contribution in [0.25, 0.3) is 0 Å². The smallest absolute Gasteiger partial charge is 0.326 e. The van der Waals surface area contributed by atoms with E-state index >= 15 is 0 Å². The lowest BCUT2D eigenvalue weighted by Crippen LogP contribution is -2.57. The first-order valence-electron chi connectivity index (χ1n) is 10.0. The van der Waals surface area contributed by atoms with Crippen molar-refractivity contribution in [1.82, 2.24) is 16.0 Å². The molecule has 0 rings (SSSR count). The van der Waals surface area contributed by atoms with E-state index < -0.39 is 78.5 Å². The molecule has 0 bridgehead atoms. The Morgan fingerprint density at radius 2 is 1.12 bits per heavy atom. The van der Waals surface area contributed by atoms with Crippen molar-refractivity contribution in [1.29, 1.82) is 0 Å². The summed E-state index contributed by atoms with van der Waals surface area (Å²) in [7, 11) is 0. The second kappa shape index (κ2) is 15.4. The number of thiol groups is 1. The van der Waals surface area contributed by atoms with Crippen LogP contribution in [-0.4, -0.2) is 86.8 Å². The van der Waals surface area contributed by atoms with E-state index in [1.807, 2.05) is 0 Å². The van der Waals surface area contributed by atoms with Gasteiger partial charge in [-0.3, -0.25) is 28.8 Å². The van der Waals surface area contributed by atoms with Crippen LogP contribution in [0.2, 0.25) is 0 Å². The Labute approximate surface area is 199 Å². The van der Waals surface area contributed by atoms with Crippen LogP contribution in [0, 0.1) is 0 Å². The molecule has 0 aromatic rings. The van der Waals surface area contributed by atoms with Crippen LogP contribution in [-0.2, 0) is 33.6 Å². The molecule has 4 atom stereocenters. The van der Waals surface area contributed by atoms with Crippen molar-refractivity contribution in [2.24, 2.45) is 11.5 Å². The fourth-order valence-corrected chi connectivity index (χ4v) is 2.77. The molecule has 0 aromatic carbocycles. The number of carbonyl (C=O) groups is 7. The average Bonchev–Trinajstić information content (AvgIpc) is 2.74. The highest BCUT2D eigenvalue weighted by molar-refractivity contribution is 7.80. The van der Waals surface area contributed by atoms with Gasteiger partial charge in [0.05, 0.1) is 6.04 Å². The fraction of sp³-hybridized carbons (Fsp3) is 0.611. The number of aliphatic carboxylic acids is 3. The summed E-state index contributed by atoms with van der Waals surface area (Å²) in [5.41, 5.74) is 10.6. The molecule has 0 aliphatic heterocycles. The first kappa shape index (κ1) is 30.6. The van der Waals surface area contributed by atoms with Gasteiger partial charge in [0, 0.05) is 25.0 Å². The fourth-order valence-electron chi connectivity index (χ4n) is 2.51. The lowest BCUT2D eigenvalue weighted by atomic mass is 10.1. The quantitative estimate of drug-likeness (QED) is 0.0883. The maximum atomic E-state index is 12.6. The molecule has 4 unspecified atom stereocenters. The van der Waals surface area contributed by atoms with Crippen LogP contribution in [0.5, 0.6) is 0 Å². The molecule has 0 saturated carbocycles. The van der Waals surface area contributed by atoms with Crippen LogP contribution < -0.4 is 27.4 Å². The zero-order chi connectivity index (χ0) is 26.4. The Morgan fingerprint density at radius 3 is 1.59 bits per heavy atom. The molecule has 10 N–H and O–H groups in total. The Bertz CT molecular complexity index is 793. The minimum Gasteiger partial charge on any atom is -0.481 e. The maximum Gasteiger partial charge on any atom is 0.326 e. The van der Waals surface area contributed by atoms with Gasteiger partial charge >= 0.3 is 17.9 Å². The van der Waals surface area contributed by atoms with Crippen molar-refractivity contribution in [3.8, 4) is 0 Å². The third-order valence-electron chi connectivity index (χ3n) is 4.40. The number of nitrogens with two attached hydrogens (primary N) is 2. The summed E-state index contributed by atoms with van der Waals surface area (Å²) in [4.78, 5) is 81.0. The first-order chi connectivity index (χ1) is 15.8. The van der Waals surface area contributed by atoms with Crippen LogP contribution in [0.3, 0.4) is 0 Å². The molecule has 0 heterocycles. The Kier molecular flexibility index (Phi) is 13.9. The van der Waals surface area contributed by atoms with Crippen molar-refractivity contribution < 1.29 is 48.9 Å².